The molecule has 0 spiro atoms. The Hall–Kier alpha value is -2.89. The van der Waals surface area contributed by atoms with Gasteiger partial charge in [0.2, 0.25) is 0 Å². The first kappa shape index (κ1) is 24.4. The van der Waals surface area contributed by atoms with Crippen LogP contribution in [0.1, 0.15) is 79.0 Å². The van der Waals surface area contributed by atoms with Crippen LogP contribution >= 0.6 is 0 Å². The van der Waals surface area contributed by atoms with Crippen LogP contribution in [0.5, 0.6) is 5.75 Å². The van der Waals surface area contributed by atoms with Crippen LogP contribution in [0.15, 0.2) is 42.5 Å². The van der Waals surface area contributed by atoms with E-state index in [4.69, 9.17) is 4.74 Å². The second-order valence-electron chi connectivity index (χ2n) is 7.49. The topological polar surface area (TPSA) is 64.6 Å². The summed E-state index contributed by atoms with van der Waals surface area (Å²) in [6, 6.07) is 10.4. The molecular weight excluding hydrogens is 397 g/mol. The molecule has 31 heavy (non-hydrogen) atoms. The Morgan fingerprint density at radius 1 is 0.871 bits per heavy atom. The van der Waals surface area contributed by atoms with Crippen molar-refractivity contribution in [3.05, 3.63) is 59.4 Å². The van der Waals surface area contributed by atoms with Crippen LogP contribution in [0.4, 0.5) is 10.1 Å². The second kappa shape index (κ2) is 13.4. The van der Waals surface area contributed by atoms with Crippen molar-refractivity contribution in [1.29, 1.82) is 0 Å². The van der Waals surface area contributed by atoms with Gasteiger partial charge in [-0.3, -0.25) is 4.79 Å². The first-order chi connectivity index (χ1) is 15.0. The lowest BCUT2D eigenvalue weighted by Gasteiger charge is -2.09. The highest BCUT2D eigenvalue weighted by Crippen LogP contribution is 2.19. The molecule has 0 fully saturated rings. The summed E-state index contributed by atoms with van der Waals surface area (Å²) in [5.74, 6) is -1.02. The lowest BCUT2D eigenvalue weighted by molar-refractivity contribution is 0.0600. The number of halogens is 1. The standard InChI is InChI=1S/C25H32FNO4/c1-3-4-5-6-7-8-9-10-17-31-21-14-11-19(12-15-21)24(28)27-23-18-20(25(29)30-2)13-16-22(23)26/h11-16,18H,3-10,17H2,1-2H3,(H,27,28). The molecule has 1 N–H and O–H groups in total. The number of carbonyl (C=O) groups is 2. The minimum absolute atomic E-state index is 0.0806. The predicted octanol–water partition coefficient (Wildman–Crippen LogP) is 6.38. The number of ether oxygens (including phenoxy) is 2. The predicted molar refractivity (Wildman–Crippen MR) is 120 cm³/mol. The number of hydrogen-bond acceptors (Lipinski definition) is 4. The normalized spacial score (nSPS) is 10.5. The molecule has 0 aliphatic carbocycles. The van der Waals surface area contributed by atoms with Gasteiger partial charge in [0.1, 0.15) is 11.6 Å². The van der Waals surface area contributed by atoms with E-state index in [1.165, 1.54) is 57.8 Å². The summed E-state index contributed by atoms with van der Waals surface area (Å²) >= 11 is 0. The van der Waals surface area contributed by atoms with Crippen LogP contribution in [0.3, 0.4) is 0 Å². The Morgan fingerprint density at radius 3 is 2.13 bits per heavy atom. The van der Waals surface area contributed by atoms with Crippen molar-refractivity contribution < 1.29 is 23.5 Å². The summed E-state index contributed by atoms with van der Waals surface area (Å²) in [6.07, 6.45) is 9.92. The van der Waals surface area contributed by atoms with Gasteiger partial charge < -0.3 is 14.8 Å². The highest BCUT2D eigenvalue weighted by molar-refractivity contribution is 6.05. The van der Waals surface area contributed by atoms with Crippen molar-refractivity contribution >= 4 is 17.6 Å². The molecule has 0 aliphatic rings. The average molecular weight is 430 g/mol. The molecule has 2 rings (SSSR count). The Kier molecular flexibility index (Phi) is 10.6. The molecule has 0 aromatic heterocycles. The van der Waals surface area contributed by atoms with Gasteiger partial charge in [-0.15, -0.1) is 0 Å². The van der Waals surface area contributed by atoms with Crippen LogP contribution in [0.2, 0.25) is 0 Å². The minimum Gasteiger partial charge on any atom is -0.494 e. The molecule has 0 unspecified atom stereocenters. The summed E-state index contributed by atoms with van der Waals surface area (Å²) in [5.41, 5.74) is 0.439. The Morgan fingerprint density at radius 2 is 1.48 bits per heavy atom. The van der Waals surface area contributed by atoms with Crippen molar-refractivity contribution in [3.8, 4) is 5.75 Å². The van der Waals surface area contributed by atoms with E-state index in [1.54, 1.807) is 24.3 Å². The van der Waals surface area contributed by atoms with E-state index in [2.05, 4.69) is 17.0 Å². The van der Waals surface area contributed by atoms with E-state index >= 15 is 0 Å². The van der Waals surface area contributed by atoms with Crippen molar-refractivity contribution in [1.82, 2.24) is 0 Å². The van der Waals surface area contributed by atoms with E-state index < -0.39 is 17.7 Å². The fraction of sp³-hybridized carbons (Fsp3) is 0.440. The number of carbonyl (C=O) groups excluding carboxylic acids is 2. The highest BCUT2D eigenvalue weighted by Gasteiger charge is 2.13. The molecule has 0 aliphatic heterocycles. The third-order valence-electron chi connectivity index (χ3n) is 5.02. The van der Waals surface area contributed by atoms with Crippen LogP contribution in [0, 0.1) is 5.82 Å². The SMILES string of the molecule is CCCCCCCCCCOc1ccc(C(=O)Nc2cc(C(=O)OC)ccc2F)cc1. The summed E-state index contributed by atoms with van der Waals surface area (Å²) in [5, 5.41) is 2.49. The molecular formula is C25H32FNO4. The number of methoxy groups -OCH3 is 1. The zero-order valence-corrected chi connectivity index (χ0v) is 18.4. The van der Waals surface area contributed by atoms with Gasteiger partial charge in [0.05, 0.1) is 25.0 Å². The lowest BCUT2D eigenvalue weighted by Crippen LogP contribution is -2.14. The van der Waals surface area contributed by atoms with Crippen LogP contribution in [-0.4, -0.2) is 25.6 Å². The molecule has 6 heteroatoms. The first-order valence-electron chi connectivity index (χ1n) is 11.0. The second-order valence-corrected chi connectivity index (χ2v) is 7.49. The summed E-state index contributed by atoms with van der Waals surface area (Å²) in [4.78, 5) is 24.0. The first-order valence-corrected chi connectivity index (χ1v) is 11.0. The quantitative estimate of drug-likeness (QED) is 0.296. The molecule has 0 saturated carbocycles. The van der Waals surface area contributed by atoms with E-state index in [0.717, 1.165) is 18.9 Å². The minimum atomic E-state index is -0.633. The van der Waals surface area contributed by atoms with Crippen LogP contribution < -0.4 is 10.1 Å². The fourth-order valence-electron chi connectivity index (χ4n) is 3.19. The Balaban J connectivity index is 1.77. The molecule has 2 aromatic rings. The van der Waals surface area contributed by atoms with Crippen molar-refractivity contribution in [2.45, 2.75) is 58.3 Å². The van der Waals surface area contributed by atoms with Crippen LogP contribution in [-0.2, 0) is 4.74 Å². The molecule has 0 bridgehead atoms. The molecule has 5 nitrogen and oxygen atoms in total. The molecule has 1 amide bonds. The number of anilines is 1. The Labute approximate surface area is 183 Å². The van der Waals surface area contributed by atoms with Gasteiger partial charge in [-0.25, -0.2) is 9.18 Å². The monoisotopic (exact) mass is 429 g/mol. The Bertz CT molecular complexity index is 836. The molecule has 0 saturated heterocycles. The summed E-state index contributed by atoms with van der Waals surface area (Å²) in [6.45, 7) is 2.87. The molecule has 0 radical (unpaired) electrons. The molecule has 168 valence electrons. The van der Waals surface area contributed by atoms with Gasteiger partial charge in [0.25, 0.3) is 5.91 Å². The maximum Gasteiger partial charge on any atom is 0.337 e. The van der Waals surface area contributed by atoms with Gasteiger partial charge in [0, 0.05) is 5.56 Å². The summed E-state index contributed by atoms with van der Waals surface area (Å²) < 4.78 is 24.3. The van der Waals surface area contributed by atoms with E-state index in [1.807, 2.05) is 0 Å². The number of nitrogens with one attached hydrogen (secondary N) is 1. The maximum absolute atomic E-state index is 14.0. The van der Waals surface area contributed by atoms with E-state index in [0.29, 0.717) is 17.9 Å². The van der Waals surface area contributed by atoms with Gasteiger partial charge in [-0.05, 0) is 48.9 Å². The number of benzene rings is 2. The average Bonchev–Trinajstić information content (AvgIpc) is 2.79. The fourth-order valence-corrected chi connectivity index (χ4v) is 3.19. The summed E-state index contributed by atoms with van der Waals surface area (Å²) in [7, 11) is 1.24. The van der Waals surface area contributed by atoms with Crippen molar-refractivity contribution in [3.63, 3.8) is 0 Å². The van der Waals surface area contributed by atoms with Crippen molar-refractivity contribution in [2.24, 2.45) is 0 Å². The molecule has 0 heterocycles. The number of unbranched alkanes of at least 4 members (excludes halogenated alkanes) is 7. The third kappa shape index (κ3) is 8.40. The maximum atomic E-state index is 14.0. The van der Waals surface area contributed by atoms with Gasteiger partial charge in [0.15, 0.2) is 0 Å². The lowest BCUT2D eigenvalue weighted by atomic mass is 10.1. The number of esters is 1. The van der Waals surface area contributed by atoms with E-state index in [-0.39, 0.29) is 11.3 Å². The zero-order chi connectivity index (χ0) is 22.5. The van der Waals surface area contributed by atoms with Crippen LogP contribution in [0.25, 0.3) is 0 Å². The smallest absolute Gasteiger partial charge is 0.337 e. The van der Waals surface area contributed by atoms with Gasteiger partial charge in [-0.1, -0.05) is 51.9 Å². The number of rotatable bonds is 13. The molecule has 2 aromatic carbocycles. The third-order valence-corrected chi connectivity index (χ3v) is 5.02. The largest absolute Gasteiger partial charge is 0.494 e. The van der Waals surface area contributed by atoms with Gasteiger partial charge >= 0.3 is 5.97 Å². The van der Waals surface area contributed by atoms with E-state index in [9.17, 15) is 14.0 Å². The van der Waals surface area contributed by atoms with Gasteiger partial charge in [-0.2, -0.15) is 0 Å². The number of hydrogen-bond donors (Lipinski definition) is 1. The molecule has 0 atom stereocenters. The zero-order valence-electron chi connectivity index (χ0n) is 18.4. The van der Waals surface area contributed by atoms with Crippen molar-refractivity contribution in [2.75, 3.05) is 19.0 Å². The number of amides is 1. The highest BCUT2D eigenvalue weighted by atomic mass is 19.1.